The van der Waals surface area contributed by atoms with Crippen molar-refractivity contribution in [2.24, 2.45) is 5.73 Å². The fourth-order valence-corrected chi connectivity index (χ4v) is 2.09. The lowest BCUT2D eigenvalue weighted by Crippen LogP contribution is -2.17. The molecule has 0 aliphatic carbocycles. The lowest BCUT2D eigenvalue weighted by Gasteiger charge is -2.13. The zero-order chi connectivity index (χ0) is 15.8. The van der Waals surface area contributed by atoms with Crippen LogP contribution in [0.5, 0.6) is 5.75 Å². The zero-order valence-electron chi connectivity index (χ0n) is 12.7. The van der Waals surface area contributed by atoms with E-state index in [1.807, 2.05) is 54.6 Å². The molecule has 2 aromatic rings. The van der Waals surface area contributed by atoms with Crippen LogP contribution in [0, 0.1) is 0 Å². The van der Waals surface area contributed by atoms with Crippen molar-refractivity contribution >= 4 is 5.97 Å². The first-order valence-electron chi connectivity index (χ1n) is 7.37. The largest absolute Gasteiger partial charge is 0.489 e. The molecular formula is C18H21NO3. The van der Waals surface area contributed by atoms with Crippen LogP contribution in [0.25, 0.3) is 0 Å². The number of nitrogens with two attached hydrogens (primary N) is 1. The molecule has 0 aromatic heterocycles. The predicted octanol–water partition coefficient (Wildman–Crippen LogP) is 3.22. The van der Waals surface area contributed by atoms with E-state index in [0.29, 0.717) is 13.2 Å². The van der Waals surface area contributed by atoms with Crippen LogP contribution in [0.4, 0.5) is 0 Å². The summed E-state index contributed by atoms with van der Waals surface area (Å²) in [5, 5.41) is 0. The minimum atomic E-state index is -0.390. The van der Waals surface area contributed by atoms with Crippen LogP contribution in [0.1, 0.15) is 30.5 Å². The van der Waals surface area contributed by atoms with E-state index in [9.17, 15) is 4.79 Å². The Balaban J connectivity index is 1.95. The molecule has 2 N–H and O–H groups in total. The van der Waals surface area contributed by atoms with Crippen LogP contribution in [-0.4, -0.2) is 12.6 Å². The molecule has 0 aliphatic rings. The second kappa shape index (κ2) is 8.20. The summed E-state index contributed by atoms with van der Waals surface area (Å²) in [6.07, 6.45) is 0.163. The fourth-order valence-electron chi connectivity index (χ4n) is 2.09. The lowest BCUT2D eigenvalue weighted by molar-refractivity contribution is -0.143. The Morgan fingerprint density at radius 2 is 1.91 bits per heavy atom. The van der Waals surface area contributed by atoms with Crippen molar-refractivity contribution < 1.29 is 14.3 Å². The van der Waals surface area contributed by atoms with Gasteiger partial charge < -0.3 is 15.2 Å². The maximum Gasteiger partial charge on any atom is 0.307 e. The third-order valence-electron chi connectivity index (χ3n) is 3.23. The molecule has 4 heteroatoms. The molecule has 116 valence electrons. The van der Waals surface area contributed by atoms with E-state index >= 15 is 0 Å². The molecule has 0 saturated heterocycles. The molecule has 0 aliphatic heterocycles. The van der Waals surface area contributed by atoms with E-state index in [0.717, 1.165) is 16.9 Å². The van der Waals surface area contributed by atoms with Crippen LogP contribution in [0.3, 0.4) is 0 Å². The molecule has 0 bridgehead atoms. The number of benzene rings is 2. The van der Waals surface area contributed by atoms with E-state index in [4.69, 9.17) is 15.2 Å². The summed E-state index contributed by atoms with van der Waals surface area (Å²) in [4.78, 5) is 11.5. The van der Waals surface area contributed by atoms with Gasteiger partial charge in [-0.15, -0.1) is 0 Å². The monoisotopic (exact) mass is 299 g/mol. The number of rotatable bonds is 7. The Morgan fingerprint density at radius 3 is 2.64 bits per heavy atom. The van der Waals surface area contributed by atoms with E-state index < -0.39 is 0 Å². The number of hydrogen-bond donors (Lipinski definition) is 1. The van der Waals surface area contributed by atoms with Gasteiger partial charge in [-0.1, -0.05) is 42.5 Å². The van der Waals surface area contributed by atoms with Crippen LogP contribution in [0.2, 0.25) is 0 Å². The van der Waals surface area contributed by atoms with Crippen LogP contribution < -0.4 is 10.5 Å². The summed E-state index contributed by atoms with van der Waals surface area (Å²) < 4.78 is 10.7. The van der Waals surface area contributed by atoms with Gasteiger partial charge in [0.2, 0.25) is 0 Å². The minimum absolute atomic E-state index is 0.163. The first kappa shape index (κ1) is 16.0. The molecule has 0 fully saturated rings. The second-order valence-corrected chi connectivity index (χ2v) is 4.96. The maximum absolute atomic E-state index is 11.5. The fraction of sp³-hybridized carbons (Fsp3) is 0.278. The molecule has 2 aromatic carbocycles. The average molecular weight is 299 g/mol. The highest BCUT2D eigenvalue weighted by molar-refractivity contribution is 5.70. The van der Waals surface area contributed by atoms with Crippen molar-refractivity contribution in [2.45, 2.75) is 26.0 Å². The molecule has 0 unspecified atom stereocenters. The summed E-state index contributed by atoms with van der Waals surface area (Å²) in [7, 11) is 0. The van der Waals surface area contributed by atoms with Gasteiger partial charge in [0.05, 0.1) is 13.0 Å². The van der Waals surface area contributed by atoms with E-state index in [1.165, 1.54) is 0 Å². The minimum Gasteiger partial charge on any atom is -0.489 e. The standard InChI is InChI=1S/C18H21NO3/c1-2-21-18(20)12-17(19)15-9-6-10-16(11-15)22-13-14-7-4-3-5-8-14/h3-11,17H,2,12-13,19H2,1H3/t17-/m1/s1. The molecule has 22 heavy (non-hydrogen) atoms. The normalized spacial score (nSPS) is 11.7. The Kier molecular flexibility index (Phi) is 5.98. The molecule has 4 nitrogen and oxygen atoms in total. The van der Waals surface area contributed by atoms with Crippen molar-refractivity contribution in [1.29, 1.82) is 0 Å². The van der Waals surface area contributed by atoms with E-state index in [2.05, 4.69) is 0 Å². The van der Waals surface area contributed by atoms with Crippen molar-refractivity contribution in [1.82, 2.24) is 0 Å². The van der Waals surface area contributed by atoms with Crippen molar-refractivity contribution in [3.05, 3.63) is 65.7 Å². The topological polar surface area (TPSA) is 61.5 Å². The zero-order valence-corrected chi connectivity index (χ0v) is 12.7. The number of carbonyl (C=O) groups is 1. The highest BCUT2D eigenvalue weighted by Gasteiger charge is 2.13. The molecule has 0 spiro atoms. The molecule has 2 rings (SSSR count). The number of carbonyl (C=O) groups excluding carboxylic acids is 1. The molecule has 0 saturated carbocycles. The quantitative estimate of drug-likeness (QED) is 0.797. The first-order chi connectivity index (χ1) is 10.7. The van der Waals surface area contributed by atoms with Gasteiger partial charge in [-0.2, -0.15) is 0 Å². The van der Waals surface area contributed by atoms with Gasteiger partial charge in [0, 0.05) is 6.04 Å². The average Bonchev–Trinajstić information content (AvgIpc) is 2.54. The molecular weight excluding hydrogens is 278 g/mol. The summed E-state index contributed by atoms with van der Waals surface area (Å²) >= 11 is 0. The van der Waals surface area contributed by atoms with Gasteiger partial charge in [-0.25, -0.2) is 0 Å². The third-order valence-corrected chi connectivity index (χ3v) is 3.23. The molecule has 0 radical (unpaired) electrons. The maximum atomic E-state index is 11.5. The van der Waals surface area contributed by atoms with Gasteiger partial charge in [-0.3, -0.25) is 4.79 Å². The summed E-state index contributed by atoms with van der Waals surface area (Å²) in [5.41, 5.74) is 8.01. The van der Waals surface area contributed by atoms with E-state index in [-0.39, 0.29) is 18.4 Å². The summed E-state index contributed by atoms with van der Waals surface area (Å²) in [6.45, 7) is 2.64. The van der Waals surface area contributed by atoms with Crippen molar-refractivity contribution in [2.75, 3.05) is 6.61 Å². The lowest BCUT2D eigenvalue weighted by atomic mass is 10.0. The third kappa shape index (κ3) is 4.90. The molecule has 0 amide bonds. The number of esters is 1. The van der Waals surface area contributed by atoms with Crippen LogP contribution >= 0.6 is 0 Å². The van der Waals surface area contributed by atoms with Gasteiger partial charge in [0.1, 0.15) is 12.4 Å². The van der Waals surface area contributed by atoms with Gasteiger partial charge in [-0.05, 0) is 30.2 Å². The van der Waals surface area contributed by atoms with Crippen LogP contribution in [0.15, 0.2) is 54.6 Å². The SMILES string of the molecule is CCOC(=O)C[C@@H](N)c1cccc(OCc2ccccc2)c1. The highest BCUT2D eigenvalue weighted by atomic mass is 16.5. The molecule has 1 atom stereocenters. The van der Waals surface area contributed by atoms with Gasteiger partial charge in [0.25, 0.3) is 0 Å². The van der Waals surface area contributed by atoms with Gasteiger partial charge in [0.15, 0.2) is 0 Å². The summed E-state index contributed by atoms with van der Waals surface area (Å²) in [6, 6.07) is 17.1. The Labute approximate surface area is 130 Å². The van der Waals surface area contributed by atoms with Gasteiger partial charge >= 0.3 is 5.97 Å². The molecule has 0 heterocycles. The second-order valence-electron chi connectivity index (χ2n) is 4.96. The van der Waals surface area contributed by atoms with Crippen LogP contribution in [-0.2, 0) is 16.1 Å². The first-order valence-corrected chi connectivity index (χ1v) is 7.37. The Morgan fingerprint density at radius 1 is 1.14 bits per heavy atom. The van der Waals surface area contributed by atoms with E-state index in [1.54, 1.807) is 6.92 Å². The predicted molar refractivity (Wildman–Crippen MR) is 85.4 cm³/mol. The number of hydrogen-bond acceptors (Lipinski definition) is 4. The Bertz CT molecular complexity index is 598. The van der Waals surface area contributed by atoms with Crippen molar-refractivity contribution in [3.8, 4) is 5.75 Å². The van der Waals surface area contributed by atoms with Crippen molar-refractivity contribution in [3.63, 3.8) is 0 Å². The number of ether oxygens (including phenoxy) is 2. The smallest absolute Gasteiger partial charge is 0.307 e. The highest BCUT2D eigenvalue weighted by Crippen LogP contribution is 2.21. The Hall–Kier alpha value is -2.33. The summed E-state index contributed by atoms with van der Waals surface area (Å²) in [5.74, 6) is 0.450.